The Hall–Kier alpha value is -1.94. The Labute approximate surface area is 142 Å². The molecule has 0 aromatic heterocycles. The van der Waals surface area contributed by atoms with Crippen molar-refractivity contribution in [3.8, 4) is 5.75 Å². The zero-order valence-electron chi connectivity index (χ0n) is 14.1. The first-order valence-electron chi connectivity index (χ1n) is 7.63. The number of thioether (sulfide) groups is 1. The van der Waals surface area contributed by atoms with Crippen LogP contribution in [0.5, 0.6) is 5.75 Å². The molecule has 1 N–H and O–H groups in total. The van der Waals surface area contributed by atoms with Gasteiger partial charge in [0.25, 0.3) is 0 Å². The van der Waals surface area contributed by atoms with Gasteiger partial charge in [0.1, 0.15) is 5.75 Å². The molecule has 2 aromatic carbocycles. The number of benzene rings is 2. The smallest absolute Gasteiger partial charge is 0.230 e. The van der Waals surface area contributed by atoms with Gasteiger partial charge in [-0.25, -0.2) is 0 Å². The van der Waals surface area contributed by atoms with E-state index in [1.807, 2.05) is 31.2 Å². The van der Waals surface area contributed by atoms with Gasteiger partial charge in [0.15, 0.2) is 0 Å². The molecule has 0 fully saturated rings. The highest BCUT2D eigenvalue weighted by Crippen LogP contribution is 2.23. The summed E-state index contributed by atoms with van der Waals surface area (Å²) < 4.78 is 5.19. The summed E-state index contributed by atoms with van der Waals surface area (Å²) in [5, 5.41) is 3.05. The molecule has 0 radical (unpaired) electrons. The predicted molar refractivity (Wildman–Crippen MR) is 96.2 cm³/mol. The van der Waals surface area contributed by atoms with E-state index in [2.05, 4.69) is 37.4 Å². The van der Waals surface area contributed by atoms with E-state index in [4.69, 9.17) is 4.74 Å². The van der Waals surface area contributed by atoms with Crippen molar-refractivity contribution in [3.63, 3.8) is 0 Å². The van der Waals surface area contributed by atoms with Gasteiger partial charge in [0.05, 0.1) is 18.9 Å². The number of carbonyl (C=O) groups excluding carboxylic acids is 1. The lowest BCUT2D eigenvalue weighted by atomic mass is 10.0. The molecular formula is C19H23NO2S. The van der Waals surface area contributed by atoms with Crippen molar-refractivity contribution in [2.24, 2.45) is 0 Å². The topological polar surface area (TPSA) is 38.3 Å². The second-order valence-electron chi connectivity index (χ2n) is 5.60. The summed E-state index contributed by atoms with van der Waals surface area (Å²) in [6.07, 6.45) is 0. The number of hydrogen-bond donors (Lipinski definition) is 1. The number of methoxy groups -OCH3 is 1. The Morgan fingerprint density at radius 3 is 2.65 bits per heavy atom. The molecule has 0 aliphatic heterocycles. The van der Waals surface area contributed by atoms with Crippen molar-refractivity contribution in [2.75, 3.05) is 12.9 Å². The maximum absolute atomic E-state index is 12.1. The Kier molecular flexibility index (Phi) is 6.11. The Morgan fingerprint density at radius 2 is 1.96 bits per heavy atom. The molecule has 0 aliphatic rings. The molecule has 1 amide bonds. The molecule has 4 heteroatoms. The summed E-state index contributed by atoms with van der Waals surface area (Å²) in [6.45, 7) is 6.19. The van der Waals surface area contributed by atoms with Crippen molar-refractivity contribution < 1.29 is 9.53 Å². The lowest BCUT2D eigenvalue weighted by Gasteiger charge is -2.15. The quantitative estimate of drug-likeness (QED) is 0.804. The zero-order chi connectivity index (χ0) is 16.8. The third-order valence-electron chi connectivity index (χ3n) is 3.82. The van der Waals surface area contributed by atoms with Crippen molar-refractivity contribution >= 4 is 17.7 Å². The first-order chi connectivity index (χ1) is 11.0. The third kappa shape index (κ3) is 5.03. The monoisotopic (exact) mass is 329 g/mol. The summed E-state index contributed by atoms with van der Waals surface area (Å²) in [5.74, 6) is 1.23. The van der Waals surface area contributed by atoms with Crippen molar-refractivity contribution in [1.82, 2.24) is 5.32 Å². The van der Waals surface area contributed by atoms with Crippen LogP contribution in [0, 0.1) is 13.8 Å². The summed E-state index contributed by atoms with van der Waals surface area (Å²) in [7, 11) is 1.64. The van der Waals surface area contributed by atoms with Crippen LogP contribution in [0.25, 0.3) is 0 Å². The molecule has 23 heavy (non-hydrogen) atoms. The highest BCUT2D eigenvalue weighted by molar-refractivity contribution is 8.00. The molecule has 122 valence electrons. The highest BCUT2D eigenvalue weighted by atomic mass is 32.2. The van der Waals surface area contributed by atoms with E-state index in [9.17, 15) is 4.79 Å². The molecule has 0 saturated carbocycles. The van der Waals surface area contributed by atoms with Crippen molar-refractivity contribution in [1.29, 1.82) is 0 Å². The van der Waals surface area contributed by atoms with Gasteiger partial charge in [-0.2, -0.15) is 0 Å². The molecule has 0 spiro atoms. The van der Waals surface area contributed by atoms with E-state index < -0.39 is 0 Å². The number of amides is 1. The van der Waals surface area contributed by atoms with Gasteiger partial charge in [0, 0.05) is 4.90 Å². The average molecular weight is 329 g/mol. The third-order valence-corrected chi connectivity index (χ3v) is 4.81. The largest absolute Gasteiger partial charge is 0.497 e. The lowest BCUT2D eigenvalue weighted by molar-refractivity contribution is -0.119. The summed E-state index contributed by atoms with van der Waals surface area (Å²) in [4.78, 5) is 13.2. The van der Waals surface area contributed by atoms with Crippen LogP contribution in [0.4, 0.5) is 0 Å². The van der Waals surface area contributed by atoms with Gasteiger partial charge in [0.2, 0.25) is 5.91 Å². The average Bonchev–Trinajstić information content (AvgIpc) is 2.55. The van der Waals surface area contributed by atoms with Gasteiger partial charge >= 0.3 is 0 Å². The number of ether oxygens (including phenoxy) is 1. The van der Waals surface area contributed by atoms with Crippen LogP contribution in [0.1, 0.15) is 29.7 Å². The van der Waals surface area contributed by atoms with Crippen LogP contribution in [0.15, 0.2) is 47.4 Å². The number of hydrogen-bond acceptors (Lipinski definition) is 3. The van der Waals surface area contributed by atoms with Crippen LogP contribution in [0.3, 0.4) is 0 Å². The summed E-state index contributed by atoms with van der Waals surface area (Å²) in [6, 6.07) is 14.0. The first-order valence-corrected chi connectivity index (χ1v) is 8.61. The maximum Gasteiger partial charge on any atom is 0.230 e. The minimum Gasteiger partial charge on any atom is -0.497 e. The Balaban J connectivity index is 1.89. The van der Waals surface area contributed by atoms with E-state index in [-0.39, 0.29) is 11.9 Å². The van der Waals surface area contributed by atoms with Crippen LogP contribution in [0.2, 0.25) is 0 Å². The van der Waals surface area contributed by atoms with Gasteiger partial charge in [-0.3, -0.25) is 4.79 Å². The Bertz CT molecular complexity index is 685. The summed E-state index contributed by atoms with van der Waals surface area (Å²) >= 11 is 1.51. The molecule has 0 aliphatic carbocycles. The molecule has 1 atom stereocenters. The number of carbonyl (C=O) groups is 1. The molecular weight excluding hydrogens is 306 g/mol. The van der Waals surface area contributed by atoms with E-state index >= 15 is 0 Å². The van der Waals surface area contributed by atoms with Crippen molar-refractivity contribution in [3.05, 3.63) is 59.2 Å². The fraction of sp³-hybridized carbons (Fsp3) is 0.316. The lowest BCUT2D eigenvalue weighted by Crippen LogP contribution is -2.28. The molecule has 2 aromatic rings. The second kappa shape index (κ2) is 8.06. The maximum atomic E-state index is 12.1. The summed E-state index contributed by atoms with van der Waals surface area (Å²) in [5.41, 5.74) is 3.64. The molecule has 0 saturated heterocycles. The van der Waals surface area contributed by atoms with Crippen LogP contribution < -0.4 is 10.1 Å². The van der Waals surface area contributed by atoms with Crippen LogP contribution >= 0.6 is 11.8 Å². The number of aryl methyl sites for hydroxylation is 2. The van der Waals surface area contributed by atoms with Crippen LogP contribution in [-0.2, 0) is 4.79 Å². The standard InChI is InChI=1S/C19H23NO2S/c1-13-8-9-16(10-14(13)2)15(3)20-19(21)12-23-18-7-5-6-17(11-18)22-4/h5-11,15H,12H2,1-4H3,(H,20,21). The molecule has 3 nitrogen and oxygen atoms in total. The van der Waals surface area contributed by atoms with Gasteiger partial charge in [-0.05, 0) is 55.7 Å². The fourth-order valence-corrected chi connectivity index (χ4v) is 3.00. The molecule has 0 bridgehead atoms. The fourth-order valence-electron chi connectivity index (χ4n) is 2.24. The second-order valence-corrected chi connectivity index (χ2v) is 6.65. The van der Waals surface area contributed by atoms with E-state index in [1.54, 1.807) is 7.11 Å². The minimum atomic E-state index is 0.00714. The number of rotatable bonds is 6. The normalized spacial score (nSPS) is 11.8. The van der Waals surface area contributed by atoms with Gasteiger partial charge < -0.3 is 10.1 Å². The Morgan fingerprint density at radius 1 is 1.17 bits per heavy atom. The predicted octanol–water partition coefficient (Wildman–Crippen LogP) is 4.28. The van der Waals surface area contributed by atoms with E-state index in [1.165, 1.54) is 22.9 Å². The van der Waals surface area contributed by atoms with Gasteiger partial charge in [-0.1, -0.05) is 24.3 Å². The van der Waals surface area contributed by atoms with Gasteiger partial charge in [-0.15, -0.1) is 11.8 Å². The molecule has 1 unspecified atom stereocenters. The molecule has 2 rings (SSSR count). The first kappa shape index (κ1) is 17.4. The van der Waals surface area contributed by atoms with E-state index in [0.717, 1.165) is 16.2 Å². The minimum absolute atomic E-state index is 0.00714. The number of nitrogens with one attached hydrogen (secondary N) is 1. The van der Waals surface area contributed by atoms with Crippen molar-refractivity contribution in [2.45, 2.75) is 31.7 Å². The molecule has 0 heterocycles. The highest BCUT2D eigenvalue weighted by Gasteiger charge is 2.11. The van der Waals surface area contributed by atoms with E-state index in [0.29, 0.717) is 5.75 Å². The zero-order valence-corrected chi connectivity index (χ0v) is 14.9. The SMILES string of the molecule is COc1cccc(SCC(=O)NC(C)c2ccc(C)c(C)c2)c1. The van der Waals surface area contributed by atoms with Crippen LogP contribution in [-0.4, -0.2) is 18.8 Å².